The van der Waals surface area contributed by atoms with E-state index < -0.39 is 0 Å². The van der Waals surface area contributed by atoms with E-state index in [2.05, 4.69) is 211 Å². The molecular formula is C54H37NS2. The summed E-state index contributed by atoms with van der Waals surface area (Å²) in [6.07, 6.45) is 8.08. The van der Waals surface area contributed by atoms with Crippen LogP contribution in [-0.2, 0) is 0 Å². The molecule has 0 fully saturated rings. The van der Waals surface area contributed by atoms with E-state index in [1.165, 1.54) is 85.0 Å². The molecule has 1 nitrogen and oxygen atoms in total. The van der Waals surface area contributed by atoms with Crippen LogP contribution in [0.1, 0.15) is 17.9 Å². The predicted molar refractivity (Wildman–Crippen MR) is 248 cm³/mol. The maximum absolute atomic E-state index is 2.46. The highest BCUT2D eigenvalue weighted by Crippen LogP contribution is 2.44. The van der Waals surface area contributed by atoms with E-state index in [-0.39, 0.29) is 5.92 Å². The first kappa shape index (κ1) is 33.8. The van der Waals surface area contributed by atoms with Crippen molar-refractivity contribution in [1.82, 2.24) is 0 Å². The van der Waals surface area contributed by atoms with Crippen LogP contribution in [0.4, 0.5) is 11.4 Å². The van der Waals surface area contributed by atoms with Crippen LogP contribution >= 0.6 is 22.7 Å². The highest BCUT2D eigenvalue weighted by Gasteiger charge is 2.21. The standard InChI is InChI=1S/C54H37NS2/c1-3-12-36(13-4-1)38-24-26-39(27-25-38)41-17-10-19-44(33-41)55(43-18-9-16-40(32-43)37-14-5-2-6-15-37)45-29-31-52-50(35-45)48-30-28-42(34-53(48)56-52)46-21-11-22-49-47-20-7-8-23-51(47)57-54(46)49/h1-16,18-35,41H,17H2. The average molecular weight is 764 g/mol. The lowest BCUT2D eigenvalue weighted by molar-refractivity contribution is 0.838. The first-order chi connectivity index (χ1) is 28.2. The molecule has 0 aliphatic heterocycles. The molecule has 0 amide bonds. The molecular weight excluding hydrogens is 727 g/mol. The number of hydrogen-bond acceptors (Lipinski definition) is 3. The number of benzene rings is 8. The van der Waals surface area contributed by atoms with Crippen molar-refractivity contribution in [2.75, 3.05) is 4.90 Å². The molecule has 0 saturated heterocycles. The third kappa shape index (κ3) is 6.17. The lowest BCUT2D eigenvalue weighted by Crippen LogP contribution is -2.18. The smallest absolute Gasteiger partial charge is 0.0468 e. The molecule has 10 aromatic rings. The van der Waals surface area contributed by atoms with Gasteiger partial charge in [0, 0.05) is 63.3 Å². The summed E-state index contributed by atoms with van der Waals surface area (Å²) in [6, 6.07) is 69.1. The maximum atomic E-state index is 2.46. The van der Waals surface area contributed by atoms with Crippen molar-refractivity contribution in [3.63, 3.8) is 0 Å². The van der Waals surface area contributed by atoms with Gasteiger partial charge in [0.25, 0.3) is 0 Å². The minimum Gasteiger partial charge on any atom is -0.311 e. The molecule has 2 aromatic heterocycles. The molecule has 1 aliphatic carbocycles. The van der Waals surface area contributed by atoms with Gasteiger partial charge in [-0.3, -0.25) is 0 Å². The number of allylic oxidation sites excluding steroid dienone is 3. The van der Waals surface area contributed by atoms with Crippen molar-refractivity contribution in [1.29, 1.82) is 0 Å². The summed E-state index contributed by atoms with van der Waals surface area (Å²) in [4.78, 5) is 2.45. The van der Waals surface area contributed by atoms with Crippen LogP contribution in [0.15, 0.2) is 212 Å². The second-order valence-corrected chi connectivity index (χ2v) is 17.0. The van der Waals surface area contributed by atoms with Crippen molar-refractivity contribution in [3.8, 4) is 33.4 Å². The molecule has 1 unspecified atom stereocenters. The van der Waals surface area contributed by atoms with Crippen LogP contribution < -0.4 is 4.90 Å². The molecule has 1 atom stereocenters. The summed E-state index contributed by atoms with van der Waals surface area (Å²) in [5, 5.41) is 5.26. The molecule has 57 heavy (non-hydrogen) atoms. The molecule has 0 N–H and O–H groups in total. The van der Waals surface area contributed by atoms with Gasteiger partial charge < -0.3 is 4.90 Å². The SMILES string of the molecule is C1=CC(N(c2cccc(-c3ccccc3)c2)c2ccc3sc4cc(-c5cccc6c5sc5ccccc56)ccc4c3c2)=CC(c2ccc(-c3ccccc3)cc2)C1. The van der Waals surface area contributed by atoms with Crippen molar-refractivity contribution in [2.24, 2.45) is 0 Å². The van der Waals surface area contributed by atoms with E-state index >= 15 is 0 Å². The third-order valence-electron chi connectivity index (χ3n) is 11.4. The van der Waals surface area contributed by atoms with Crippen molar-refractivity contribution in [2.45, 2.75) is 12.3 Å². The largest absolute Gasteiger partial charge is 0.311 e. The minimum absolute atomic E-state index is 0.268. The fraction of sp³-hybridized carbons (Fsp3) is 0.0370. The number of rotatable bonds is 7. The molecule has 0 radical (unpaired) electrons. The van der Waals surface area contributed by atoms with E-state index in [1.54, 1.807) is 0 Å². The van der Waals surface area contributed by atoms with Crippen LogP contribution in [0.25, 0.3) is 73.7 Å². The number of hydrogen-bond donors (Lipinski definition) is 0. The summed E-state index contributed by atoms with van der Waals surface area (Å²) < 4.78 is 5.30. The molecule has 3 heteroatoms. The van der Waals surface area contributed by atoms with E-state index in [1.807, 2.05) is 22.7 Å². The lowest BCUT2D eigenvalue weighted by atomic mass is 9.89. The monoisotopic (exact) mass is 763 g/mol. The van der Waals surface area contributed by atoms with Crippen molar-refractivity contribution < 1.29 is 0 Å². The Balaban J connectivity index is 1.01. The van der Waals surface area contributed by atoms with Crippen molar-refractivity contribution >= 4 is 74.4 Å². The molecule has 2 heterocycles. The van der Waals surface area contributed by atoms with Gasteiger partial charge in [0.05, 0.1) is 0 Å². The van der Waals surface area contributed by atoms with Gasteiger partial charge in [-0.2, -0.15) is 0 Å². The topological polar surface area (TPSA) is 3.24 Å². The number of anilines is 2. The summed E-state index contributed by atoms with van der Waals surface area (Å²) in [6.45, 7) is 0. The van der Waals surface area contributed by atoms with Crippen LogP contribution in [-0.4, -0.2) is 0 Å². The summed E-state index contributed by atoms with van der Waals surface area (Å²) in [5.74, 6) is 0.268. The fourth-order valence-corrected chi connectivity index (χ4v) is 10.9. The molecule has 8 aromatic carbocycles. The Morgan fingerprint density at radius 1 is 0.421 bits per heavy atom. The third-order valence-corrected chi connectivity index (χ3v) is 13.7. The van der Waals surface area contributed by atoms with Crippen LogP contribution in [0, 0.1) is 0 Å². The van der Waals surface area contributed by atoms with Gasteiger partial charge in [0.15, 0.2) is 0 Å². The second-order valence-electron chi connectivity index (χ2n) is 14.8. The van der Waals surface area contributed by atoms with E-state index in [0.29, 0.717) is 0 Å². The first-order valence-corrected chi connectivity index (χ1v) is 21.2. The molecule has 1 aliphatic rings. The van der Waals surface area contributed by atoms with Gasteiger partial charge in [-0.05, 0) is 93.9 Å². The zero-order valence-corrected chi connectivity index (χ0v) is 32.8. The van der Waals surface area contributed by atoms with Gasteiger partial charge in [0.1, 0.15) is 0 Å². The first-order valence-electron chi connectivity index (χ1n) is 19.6. The van der Waals surface area contributed by atoms with Gasteiger partial charge in [-0.1, -0.05) is 158 Å². The Bertz CT molecular complexity index is 3150. The van der Waals surface area contributed by atoms with Crippen molar-refractivity contribution in [3.05, 3.63) is 218 Å². The second kappa shape index (κ2) is 14.2. The fourth-order valence-electron chi connectivity index (χ4n) is 8.55. The lowest BCUT2D eigenvalue weighted by Gasteiger charge is -2.30. The Morgan fingerprint density at radius 2 is 1.07 bits per heavy atom. The molecule has 270 valence electrons. The Kier molecular flexibility index (Phi) is 8.42. The highest BCUT2D eigenvalue weighted by molar-refractivity contribution is 7.26. The Labute approximate surface area is 340 Å². The van der Waals surface area contributed by atoms with Gasteiger partial charge >= 0.3 is 0 Å². The number of fused-ring (bicyclic) bond motifs is 6. The molecule has 0 bridgehead atoms. The number of nitrogens with zero attached hydrogens (tertiary/aromatic N) is 1. The number of thiophene rings is 2. The Hall–Kier alpha value is -6.52. The quantitative estimate of drug-likeness (QED) is 0.156. The zero-order chi connectivity index (χ0) is 37.7. The average Bonchev–Trinajstić information content (AvgIpc) is 3.85. The van der Waals surface area contributed by atoms with Gasteiger partial charge in [-0.15, -0.1) is 22.7 Å². The predicted octanol–water partition coefficient (Wildman–Crippen LogP) is 16.2. The van der Waals surface area contributed by atoms with Gasteiger partial charge in [-0.25, -0.2) is 0 Å². The van der Waals surface area contributed by atoms with E-state index in [4.69, 9.17) is 0 Å². The summed E-state index contributed by atoms with van der Waals surface area (Å²) in [5.41, 5.74) is 12.3. The highest BCUT2D eigenvalue weighted by atomic mass is 32.1. The van der Waals surface area contributed by atoms with Crippen LogP contribution in [0.3, 0.4) is 0 Å². The van der Waals surface area contributed by atoms with Gasteiger partial charge in [0.2, 0.25) is 0 Å². The zero-order valence-electron chi connectivity index (χ0n) is 31.2. The molecule has 0 saturated carbocycles. The van der Waals surface area contributed by atoms with Crippen LogP contribution in [0.5, 0.6) is 0 Å². The Morgan fingerprint density at radius 3 is 1.91 bits per heavy atom. The summed E-state index contributed by atoms with van der Waals surface area (Å²) >= 11 is 3.78. The minimum atomic E-state index is 0.268. The van der Waals surface area contributed by atoms with E-state index in [0.717, 1.165) is 17.8 Å². The maximum Gasteiger partial charge on any atom is 0.0468 e. The van der Waals surface area contributed by atoms with E-state index in [9.17, 15) is 0 Å². The molecule has 0 spiro atoms. The summed E-state index contributed by atoms with van der Waals surface area (Å²) in [7, 11) is 0. The molecule has 11 rings (SSSR count). The van der Waals surface area contributed by atoms with Crippen LogP contribution in [0.2, 0.25) is 0 Å². The normalized spacial score (nSPS) is 14.1.